The Labute approximate surface area is 146 Å². The molecule has 0 aliphatic heterocycles. The van der Waals surface area contributed by atoms with Gasteiger partial charge in [0.25, 0.3) is 5.56 Å². The van der Waals surface area contributed by atoms with Crippen molar-refractivity contribution >= 4 is 32.3 Å². The number of ether oxygens (including phenoxy) is 1. The Balaban J connectivity index is 2.19. The summed E-state index contributed by atoms with van der Waals surface area (Å²) in [6.45, 7) is 0.448. The number of methoxy groups -OCH3 is 1. The Morgan fingerprint density at radius 1 is 1.24 bits per heavy atom. The van der Waals surface area contributed by atoms with Crippen LogP contribution in [0.4, 0.5) is 4.39 Å². The number of aromatic amines is 1. The Morgan fingerprint density at radius 3 is 2.68 bits per heavy atom. The summed E-state index contributed by atoms with van der Waals surface area (Å²) in [6, 6.07) is 10.9. The average molecular weight is 354 g/mol. The fourth-order valence-electron chi connectivity index (χ4n) is 3.13. The van der Waals surface area contributed by atoms with Gasteiger partial charge in [0.1, 0.15) is 10.4 Å². The van der Waals surface area contributed by atoms with Gasteiger partial charge in [-0.3, -0.25) is 4.79 Å². The summed E-state index contributed by atoms with van der Waals surface area (Å²) >= 11 is 1.33. The highest BCUT2D eigenvalue weighted by Gasteiger charge is 2.19. The molecule has 0 aliphatic carbocycles. The van der Waals surface area contributed by atoms with Crippen LogP contribution in [0.1, 0.15) is 5.56 Å². The summed E-state index contributed by atoms with van der Waals surface area (Å²) in [5.74, 6) is -0.0931. The molecule has 0 amide bonds. The lowest BCUT2D eigenvalue weighted by molar-refractivity contribution is 0.414. The smallest absolute Gasteiger partial charge is 0.266 e. The fraction of sp³-hybridized carbons (Fsp3) is 0.105. The Bertz CT molecular complexity index is 1150. The maximum atomic E-state index is 14.6. The summed E-state index contributed by atoms with van der Waals surface area (Å²) in [7, 11) is 1.51. The van der Waals surface area contributed by atoms with Crippen LogP contribution in [0.25, 0.3) is 32.1 Å². The number of H-pyrrole nitrogens is 1. The fourth-order valence-corrected chi connectivity index (χ4v) is 3.92. The molecule has 4 aromatic rings. The molecule has 0 fully saturated rings. The first kappa shape index (κ1) is 15.8. The molecule has 0 spiro atoms. The minimum absolute atomic E-state index is 0.189. The second-order valence-electron chi connectivity index (χ2n) is 5.70. The number of pyridine rings is 1. The van der Waals surface area contributed by atoms with Crippen molar-refractivity contribution in [2.45, 2.75) is 6.54 Å². The molecular formula is C19H15FN2O2S. The largest absolute Gasteiger partial charge is 0.496 e. The first-order chi connectivity index (χ1) is 12.1. The second kappa shape index (κ2) is 5.98. The Morgan fingerprint density at radius 2 is 2.00 bits per heavy atom. The van der Waals surface area contributed by atoms with Gasteiger partial charge >= 0.3 is 0 Å². The van der Waals surface area contributed by atoms with Gasteiger partial charge in [0, 0.05) is 28.9 Å². The molecule has 3 N–H and O–H groups in total. The lowest BCUT2D eigenvalue weighted by atomic mass is 9.96. The summed E-state index contributed by atoms with van der Waals surface area (Å²) in [5, 5.41) is 3.20. The van der Waals surface area contributed by atoms with E-state index in [1.807, 2.05) is 35.7 Å². The van der Waals surface area contributed by atoms with Gasteiger partial charge in [-0.2, -0.15) is 0 Å². The molecule has 4 nitrogen and oxygen atoms in total. The van der Waals surface area contributed by atoms with E-state index in [2.05, 4.69) is 4.98 Å². The minimum Gasteiger partial charge on any atom is -0.496 e. The Hall–Kier alpha value is -2.70. The van der Waals surface area contributed by atoms with Gasteiger partial charge in [-0.05, 0) is 22.6 Å². The monoisotopic (exact) mass is 354 g/mol. The number of nitrogens with one attached hydrogen (secondary N) is 1. The molecule has 0 saturated heterocycles. The molecule has 2 aromatic heterocycles. The zero-order valence-corrected chi connectivity index (χ0v) is 14.2. The summed E-state index contributed by atoms with van der Waals surface area (Å²) in [4.78, 5) is 14.9. The molecule has 0 bridgehead atoms. The van der Waals surface area contributed by atoms with E-state index in [1.165, 1.54) is 24.5 Å². The van der Waals surface area contributed by atoms with Gasteiger partial charge < -0.3 is 15.5 Å². The number of aromatic nitrogens is 1. The average Bonchev–Trinajstić information content (AvgIpc) is 3.13. The van der Waals surface area contributed by atoms with Gasteiger partial charge in [0.2, 0.25) is 0 Å². The zero-order valence-electron chi connectivity index (χ0n) is 13.4. The van der Waals surface area contributed by atoms with Crippen LogP contribution in [-0.2, 0) is 6.54 Å². The van der Waals surface area contributed by atoms with Crippen LogP contribution in [0.5, 0.6) is 5.75 Å². The molecule has 6 heteroatoms. The lowest BCUT2D eigenvalue weighted by Crippen LogP contribution is -2.06. The van der Waals surface area contributed by atoms with Crippen molar-refractivity contribution in [1.29, 1.82) is 0 Å². The molecule has 2 heterocycles. The number of fused-ring (bicyclic) bond motifs is 3. The number of thiophene rings is 1. The maximum absolute atomic E-state index is 14.6. The molecular weight excluding hydrogens is 339 g/mol. The third kappa shape index (κ3) is 2.42. The normalized spacial score (nSPS) is 11.3. The van der Waals surface area contributed by atoms with E-state index < -0.39 is 5.82 Å². The summed E-state index contributed by atoms with van der Waals surface area (Å²) in [6.07, 6.45) is 0. The maximum Gasteiger partial charge on any atom is 0.266 e. The molecule has 0 unspecified atom stereocenters. The SMILES string of the molecule is COc1cc(F)c2[nH]c(=O)c3sccc3c2c1-c1ccc(CN)cc1. The molecule has 0 aliphatic rings. The van der Waals surface area contributed by atoms with Gasteiger partial charge in [-0.25, -0.2) is 4.39 Å². The molecule has 2 aromatic carbocycles. The van der Waals surface area contributed by atoms with Crippen LogP contribution < -0.4 is 16.0 Å². The number of nitrogens with two attached hydrogens (primary N) is 1. The van der Waals surface area contributed by atoms with Crippen LogP contribution in [0.15, 0.2) is 46.6 Å². The first-order valence-electron chi connectivity index (χ1n) is 7.73. The quantitative estimate of drug-likeness (QED) is 0.584. The van der Waals surface area contributed by atoms with Crippen molar-refractivity contribution in [2.24, 2.45) is 5.73 Å². The van der Waals surface area contributed by atoms with E-state index in [1.54, 1.807) is 0 Å². The number of benzene rings is 2. The lowest BCUT2D eigenvalue weighted by Gasteiger charge is -2.14. The van der Waals surface area contributed by atoms with Gasteiger partial charge in [-0.15, -0.1) is 11.3 Å². The van der Waals surface area contributed by atoms with E-state index in [0.29, 0.717) is 22.4 Å². The van der Waals surface area contributed by atoms with Crippen LogP contribution in [-0.4, -0.2) is 12.1 Å². The van der Waals surface area contributed by atoms with Crippen molar-refractivity contribution < 1.29 is 9.13 Å². The summed E-state index contributed by atoms with van der Waals surface area (Å²) in [5.41, 5.74) is 8.20. The number of rotatable bonds is 3. The molecule has 0 radical (unpaired) electrons. The van der Waals surface area contributed by atoms with Crippen molar-refractivity contribution in [1.82, 2.24) is 4.98 Å². The Kier molecular flexibility index (Phi) is 3.78. The minimum atomic E-state index is -0.514. The van der Waals surface area contributed by atoms with E-state index in [4.69, 9.17) is 10.5 Å². The number of halogens is 1. The predicted molar refractivity (Wildman–Crippen MR) is 99.8 cm³/mol. The highest BCUT2D eigenvalue weighted by molar-refractivity contribution is 7.17. The molecule has 0 atom stereocenters. The third-order valence-electron chi connectivity index (χ3n) is 4.32. The molecule has 0 saturated carbocycles. The van der Waals surface area contributed by atoms with E-state index >= 15 is 0 Å². The van der Waals surface area contributed by atoms with Crippen LogP contribution in [0, 0.1) is 5.82 Å². The number of hydrogen-bond acceptors (Lipinski definition) is 4. The topological polar surface area (TPSA) is 68.1 Å². The van der Waals surface area contributed by atoms with E-state index in [-0.39, 0.29) is 11.1 Å². The van der Waals surface area contributed by atoms with Crippen molar-refractivity contribution in [3.63, 3.8) is 0 Å². The highest BCUT2D eigenvalue weighted by Crippen LogP contribution is 2.41. The third-order valence-corrected chi connectivity index (χ3v) is 5.23. The van der Waals surface area contributed by atoms with Crippen molar-refractivity contribution in [2.75, 3.05) is 7.11 Å². The van der Waals surface area contributed by atoms with E-state index in [9.17, 15) is 9.18 Å². The molecule has 25 heavy (non-hydrogen) atoms. The van der Waals surface area contributed by atoms with Crippen LogP contribution in [0.2, 0.25) is 0 Å². The van der Waals surface area contributed by atoms with Crippen LogP contribution in [0.3, 0.4) is 0 Å². The van der Waals surface area contributed by atoms with Gasteiger partial charge in [0.15, 0.2) is 5.82 Å². The molecule has 126 valence electrons. The van der Waals surface area contributed by atoms with Crippen molar-refractivity contribution in [3.05, 3.63) is 63.5 Å². The zero-order chi connectivity index (χ0) is 17.6. The van der Waals surface area contributed by atoms with Crippen molar-refractivity contribution in [3.8, 4) is 16.9 Å². The first-order valence-corrected chi connectivity index (χ1v) is 8.61. The van der Waals surface area contributed by atoms with Crippen LogP contribution >= 0.6 is 11.3 Å². The second-order valence-corrected chi connectivity index (χ2v) is 6.62. The van der Waals surface area contributed by atoms with Gasteiger partial charge in [-0.1, -0.05) is 24.3 Å². The summed E-state index contributed by atoms with van der Waals surface area (Å²) < 4.78 is 20.6. The molecule has 4 rings (SSSR count). The van der Waals surface area contributed by atoms with E-state index in [0.717, 1.165) is 22.1 Å². The van der Waals surface area contributed by atoms with Gasteiger partial charge in [0.05, 0.1) is 12.6 Å². The predicted octanol–water partition coefficient (Wildman–Crippen LogP) is 4.02. The number of hydrogen-bond donors (Lipinski definition) is 2. The highest BCUT2D eigenvalue weighted by atomic mass is 32.1. The standard InChI is InChI=1S/C19H15FN2O2S/c1-24-14-8-13(20)17-16(12-6-7-25-18(12)19(23)22-17)15(14)11-4-2-10(9-21)3-5-11/h2-8H,9,21H2,1H3,(H,22,23).